The van der Waals surface area contributed by atoms with Crippen LogP contribution >= 0.6 is 7.59 Å². The van der Waals surface area contributed by atoms with Crippen LogP contribution in [0.15, 0.2) is 12.2 Å². The Labute approximate surface area is 81.1 Å². The Hall–Kier alpha value is -0.150. The van der Waals surface area contributed by atoms with Crippen molar-refractivity contribution in [1.82, 2.24) is 14.4 Å². The molecular weight excluding hydrogens is 185 g/mol. The fraction of sp³-hybridized carbons (Fsp3) is 0.750. The SMILES string of the molecule is C=C(C)CNP(=O)(N(C)C)N(C)C. The Bertz CT molecular complexity index is 213. The molecule has 1 N–H and O–H groups in total. The van der Waals surface area contributed by atoms with Crippen molar-refractivity contribution in [2.75, 3.05) is 34.7 Å². The molecule has 0 spiro atoms. The van der Waals surface area contributed by atoms with E-state index in [2.05, 4.69) is 11.7 Å². The van der Waals surface area contributed by atoms with Crippen molar-refractivity contribution < 1.29 is 4.57 Å². The first-order valence-corrected chi connectivity index (χ1v) is 5.77. The zero-order valence-electron chi connectivity index (χ0n) is 9.16. The molecule has 0 atom stereocenters. The highest BCUT2D eigenvalue weighted by atomic mass is 31.2. The normalized spacial score (nSPS) is 12.5. The lowest BCUT2D eigenvalue weighted by molar-refractivity contribution is 0.435. The summed E-state index contributed by atoms with van der Waals surface area (Å²) in [6.07, 6.45) is 0. The molecule has 5 heteroatoms. The molecule has 0 aliphatic heterocycles. The van der Waals surface area contributed by atoms with Gasteiger partial charge in [0.2, 0.25) is 0 Å². The van der Waals surface area contributed by atoms with Gasteiger partial charge in [-0.25, -0.2) is 14.4 Å². The van der Waals surface area contributed by atoms with E-state index in [4.69, 9.17) is 0 Å². The fourth-order valence-corrected chi connectivity index (χ4v) is 2.64. The first-order valence-electron chi connectivity index (χ1n) is 4.16. The second kappa shape index (κ2) is 4.91. The Balaban J connectivity index is 4.44. The van der Waals surface area contributed by atoms with E-state index in [1.54, 1.807) is 37.5 Å². The Morgan fingerprint density at radius 3 is 1.92 bits per heavy atom. The molecule has 0 aromatic heterocycles. The summed E-state index contributed by atoms with van der Waals surface area (Å²) in [6.45, 7) is 6.24. The van der Waals surface area contributed by atoms with Crippen molar-refractivity contribution in [1.29, 1.82) is 0 Å². The van der Waals surface area contributed by atoms with Crippen LogP contribution in [0, 0.1) is 0 Å². The van der Waals surface area contributed by atoms with E-state index in [1.165, 1.54) is 0 Å². The smallest absolute Gasteiger partial charge is 0.271 e. The van der Waals surface area contributed by atoms with E-state index >= 15 is 0 Å². The van der Waals surface area contributed by atoms with Crippen molar-refractivity contribution in [2.45, 2.75) is 6.92 Å². The van der Waals surface area contributed by atoms with Crippen LogP contribution < -0.4 is 5.09 Å². The lowest BCUT2D eigenvalue weighted by Gasteiger charge is -2.30. The zero-order chi connectivity index (χ0) is 10.6. The molecule has 0 heterocycles. The van der Waals surface area contributed by atoms with E-state index in [-0.39, 0.29) is 0 Å². The maximum absolute atomic E-state index is 12.2. The molecule has 0 fully saturated rings. The van der Waals surface area contributed by atoms with Crippen molar-refractivity contribution in [3.8, 4) is 0 Å². The summed E-state index contributed by atoms with van der Waals surface area (Å²) in [5.74, 6) is 0. The van der Waals surface area contributed by atoms with E-state index in [9.17, 15) is 4.57 Å². The molecule has 0 aliphatic rings. The van der Waals surface area contributed by atoms with Crippen molar-refractivity contribution >= 4 is 7.59 Å². The standard InChI is InChI=1S/C8H20N3OP/c1-8(2)7-9-13(12,10(3)4)11(5)6/h1,7H2,2-6H3,(H,9,12). The third-order valence-corrected chi connectivity index (χ3v) is 4.41. The van der Waals surface area contributed by atoms with Crippen LogP contribution in [0.3, 0.4) is 0 Å². The van der Waals surface area contributed by atoms with Gasteiger partial charge in [0.15, 0.2) is 0 Å². The van der Waals surface area contributed by atoms with Crippen LogP contribution in [0.1, 0.15) is 6.92 Å². The first kappa shape index (κ1) is 12.8. The average Bonchev–Trinajstić information content (AvgIpc) is 1.99. The Morgan fingerprint density at radius 2 is 1.69 bits per heavy atom. The van der Waals surface area contributed by atoms with Crippen molar-refractivity contribution in [3.63, 3.8) is 0 Å². The molecule has 78 valence electrons. The summed E-state index contributed by atoms with van der Waals surface area (Å²) in [4.78, 5) is 0. The highest BCUT2D eigenvalue weighted by Gasteiger charge is 2.26. The second-order valence-electron chi connectivity index (χ2n) is 3.53. The topological polar surface area (TPSA) is 35.6 Å². The first-order chi connectivity index (χ1) is 5.80. The van der Waals surface area contributed by atoms with E-state index in [1.807, 2.05) is 6.92 Å². The molecule has 0 aromatic rings. The molecule has 13 heavy (non-hydrogen) atoms. The molecular formula is C8H20N3OP. The molecule has 0 bridgehead atoms. The maximum Gasteiger partial charge on any atom is 0.283 e. The molecule has 0 rings (SSSR count). The number of nitrogens with one attached hydrogen (secondary N) is 1. The van der Waals surface area contributed by atoms with Crippen LogP contribution in [-0.4, -0.2) is 44.1 Å². The quantitative estimate of drug-likeness (QED) is 0.543. The molecule has 0 aliphatic carbocycles. The third-order valence-electron chi connectivity index (χ3n) is 1.67. The van der Waals surface area contributed by atoms with E-state index in [0.717, 1.165) is 5.57 Å². The van der Waals surface area contributed by atoms with Crippen LogP contribution in [-0.2, 0) is 4.57 Å². The van der Waals surface area contributed by atoms with Crippen molar-refractivity contribution in [3.05, 3.63) is 12.2 Å². The van der Waals surface area contributed by atoms with Crippen LogP contribution in [0.2, 0.25) is 0 Å². The van der Waals surface area contributed by atoms with Crippen LogP contribution in [0.25, 0.3) is 0 Å². The highest BCUT2D eigenvalue weighted by Crippen LogP contribution is 2.44. The van der Waals surface area contributed by atoms with Gasteiger partial charge in [-0.2, -0.15) is 0 Å². The number of nitrogens with zero attached hydrogens (tertiary/aromatic N) is 2. The zero-order valence-corrected chi connectivity index (χ0v) is 10.1. The summed E-state index contributed by atoms with van der Waals surface area (Å²) in [7, 11) is 4.63. The predicted octanol–water partition coefficient (Wildman–Crippen LogP) is 1.38. The molecule has 0 saturated heterocycles. The Kier molecular flexibility index (Phi) is 4.86. The van der Waals surface area contributed by atoms with Crippen molar-refractivity contribution in [2.24, 2.45) is 0 Å². The second-order valence-corrected chi connectivity index (χ2v) is 6.53. The van der Waals surface area contributed by atoms with E-state index in [0.29, 0.717) is 6.54 Å². The van der Waals surface area contributed by atoms with E-state index < -0.39 is 7.59 Å². The van der Waals surface area contributed by atoms with Gasteiger partial charge in [0.25, 0.3) is 7.59 Å². The fourth-order valence-electron chi connectivity index (χ4n) is 0.879. The summed E-state index contributed by atoms with van der Waals surface area (Å²) < 4.78 is 15.6. The van der Waals surface area contributed by atoms with Gasteiger partial charge in [0, 0.05) is 6.54 Å². The molecule has 0 radical (unpaired) electrons. The van der Waals surface area contributed by atoms with Gasteiger partial charge in [0.05, 0.1) is 0 Å². The molecule has 0 unspecified atom stereocenters. The minimum absolute atomic E-state index is 0.577. The lowest BCUT2D eigenvalue weighted by Crippen LogP contribution is -2.31. The molecule has 0 saturated carbocycles. The maximum atomic E-state index is 12.2. The minimum Gasteiger partial charge on any atom is -0.271 e. The molecule has 4 nitrogen and oxygen atoms in total. The summed E-state index contributed by atoms with van der Waals surface area (Å²) in [5, 5.41) is 3.00. The summed E-state index contributed by atoms with van der Waals surface area (Å²) in [6, 6.07) is 0. The lowest BCUT2D eigenvalue weighted by atomic mass is 10.4. The number of rotatable bonds is 5. The molecule has 0 aromatic carbocycles. The van der Waals surface area contributed by atoms with Gasteiger partial charge in [0.1, 0.15) is 0 Å². The third kappa shape index (κ3) is 3.61. The largest absolute Gasteiger partial charge is 0.283 e. The van der Waals surface area contributed by atoms with Gasteiger partial charge in [-0.05, 0) is 35.1 Å². The Morgan fingerprint density at radius 1 is 1.31 bits per heavy atom. The van der Waals surface area contributed by atoms with Gasteiger partial charge < -0.3 is 0 Å². The van der Waals surface area contributed by atoms with Crippen LogP contribution in [0.5, 0.6) is 0 Å². The number of hydrogen-bond acceptors (Lipinski definition) is 1. The average molecular weight is 205 g/mol. The summed E-state index contributed by atoms with van der Waals surface area (Å²) in [5.41, 5.74) is 0.976. The number of hydrogen-bond donors (Lipinski definition) is 1. The highest BCUT2D eigenvalue weighted by molar-refractivity contribution is 7.56. The monoisotopic (exact) mass is 205 g/mol. The molecule has 0 amide bonds. The minimum atomic E-state index is -2.56. The van der Waals surface area contributed by atoms with Gasteiger partial charge in [-0.15, -0.1) is 0 Å². The van der Waals surface area contributed by atoms with Gasteiger partial charge in [-0.3, -0.25) is 4.57 Å². The predicted molar refractivity (Wildman–Crippen MR) is 57.8 cm³/mol. The summed E-state index contributed by atoms with van der Waals surface area (Å²) >= 11 is 0. The van der Waals surface area contributed by atoms with Crippen LogP contribution in [0.4, 0.5) is 0 Å². The van der Waals surface area contributed by atoms with Gasteiger partial charge >= 0.3 is 0 Å². The van der Waals surface area contributed by atoms with Gasteiger partial charge in [-0.1, -0.05) is 12.2 Å².